The van der Waals surface area contributed by atoms with E-state index in [9.17, 15) is 9.59 Å². The van der Waals surface area contributed by atoms with Gasteiger partial charge in [0.1, 0.15) is 12.2 Å². The molecule has 1 aromatic heterocycles. The first-order chi connectivity index (χ1) is 11.6. The average Bonchev–Trinajstić information content (AvgIpc) is 2.58. The Morgan fingerprint density at radius 1 is 1.08 bits per heavy atom. The molecule has 122 valence electrons. The van der Waals surface area contributed by atoms with Crippen LogP contribution in [0.4, 0.5) is 0 Å². The lowest BCUT2D eigenvalue weighted by molar-refractivity contribution is -0.144. The zero-order valence-corrected chi connectivity index (χ0v) is 14.4. The smallest absolute Gasteiger partial charge is 0.336 e. The zero-order valence-electron chi connectivity index (χ0n) is 12.8. The van der Waals surface area contributed by atoms with Crippen LogP contribution >= 0.6 is 15.9 Å². The molecule has 0 spiro atoms. The molecule has 3 rings (SSSR count). The first-order valence-electron chi connectivity index (χ1n) is 7.54. The van der Waals surface area contributed by atoms with Crippen molar-refractivity contribution in [2.24, 2.45) is 0 Å². The highest BCUT2D eigenvalue weighted by atomic mass is 79.9. The van der Waals surface area contributed by atoms with Crippen molar-refractivity contribution in [2.75, 3.05) is 0 Å². The Labute approximate surface area is 147 Å². The number of ether oxygens (including phenoxy) is 1. The Hall–Kier alpha value is -2.40. The normalized spacial score (nSPS) is 10.7. The SMILES string of the molecule is O=C(CCc1ccccc1)OCc1cc(=O)oc2cc(Br)ccc12. The van der Waals surface area contributed by atoms with Gasteiger partial charge >= 0.3 is 11.6 Å². The number of hydrogen-bond donors (Lipinski definition) is 0. The van der Waals surface area contributed by atoms with Gasteiger partial charge in [-0.05, 0) is 30.2 Å². The van der Waals surface area contributed by atoms with Crippen LogP contribution in [0.2, 0.25) is 0 Å². The molecule has 0 N–H and O–H groups in total. The molecule has 2 aromatic carbocycles. The third-order valence-corrected chi connectivity index (χ3v) is 4.13. The molecule has 0 aliphatic heterocycles. The van der Waals surface area contributed by atoms with Gasteiger partial charge in [-0.1, -0.05) is 46.3 Å². The van der Waals surface area contributed by atoms with Gasteiger partial charge in [0.25, 0.3) is 0 Å². The molecule has 0 unspecified atom stereocenters. The van der Waals surface area contributed by atoms with Crippen molar-refractivity contribution in [3.63, 3.8) is 0 Å². The number of halogens is 1. The van der Waals surface area contributed by atoms with Gasteiger partial charge in [-0.3, -0.25) is 4.79 Å². The van der Waals surface area contributed by atoms with Crippen LogP contribution in [0.25, 0.3) is 11.0 Å². The molecule has 0 amide bonds. The maximum absolute atomic E-state index is 11.9. The Morgan fingerprint density at radius 2 is 1.88 bits per heavy atom. The van der Waals surface area contributed by atoms with Crippen LogP contribution in [0.15, 0.2) is 68.3 Å². The number of carbonyl (C=O) groups excluding carboxylic acids is 1. The number of benzene rings is 2. The Balaban J connectivity index is 1.67. The van der Waals surface area contributed by atoms with Crippen molar-refractivity contribution in [1.29, 1.82) is 0 Å². The summed E-state index contributed by atoms with van der Waals surface area (Å²) in [4.78, 5) is 23.6. The van der Waals surface area contributed by atoms with Gasteiger partial charge in [0.15, 0.2) is 0 Å². The highest BCUT2D eigenvalue weighted by molar-refractivity contribution is 9.10. The summed E-state index contributed by atoms with van der Waals surface area (Å²) in [6.45, 7) is 0.0529. The summed E-state index contributed by atoms with van der Waals surface area (Å²) in [7, 11) is 0. The molecule has 0 aliphatic carbocycles. The molecular weight excluding hydrogens is 372 g/mol. The van der Waals surface area contributed by atoms with Crippen molar-refractivity contribution >= 4 is 32.9 Å². The summed E-state index contributed by atoms with van der Waals surface area (Å²) < 4.78 is 11.3. The molecule has 0 aliphatic rings. The summed E-state index contributed by atoms with van der Waals surface area (Å²) in [6, 6.07) is 16.5. The average molecular weight is 387 g/mol. The lowest BCUT2D eigenvalue weighted by atomic mass is 10.1. The van der Waals surface area contributed by atoms with Gasteiger partial charge in [-0.25, -0.2) is 4.79 Å². The maximum Gasteiger partial charge on any atom is 0.336 e. The van der Waals surface area contributed by atoms with Gasteiger partial charge < -0.3 is 9.15 Å². The monoisotopic (exact) mass is 386 g/mol. The van der Waals surface area contributed by atoms with Gasteiger partial charge in [0.2, 0.25) is 0 Å². The van der Waals surface area contributed by atoms with E-state index in [0.717, 1.165) is 15.4 Å². The minimum Gasteiger partial charge on any atom is -0.461 e. The van der Waals surface area contributed by atoms with Crippen LogP contribution in [-0.4, -0.2) is 5.97 Å². The van der Waals surface area contributed by atoms with Crippen LogP contribution in [0.3, 0.4) is 0 Å². The maximum atomic E-state index is 11.9. The number of hydrogen-bond acceptors (Lipinski definition) is 4. The molecular formula is C19H15BrO4. The van der Waals surface area contributed by atoms with Crippen molar-refractivity contribution in [2.45, 2.75) is 19.4 Å². The van der Waals surface area contributed by atoms with E-state index in [0.29, 0.717) is 24.0 Å². The molecule has 1 heterocycles. The van der Waals surface area contributed by atoms with E-state index in [1.54, 1.807) is 6.07 Å². The Bertz CT molecular complexity index is 916. The van der Waals surface area contributed by atoms with Crippen LogP contribution < -0.4 is 5.63 Å². The topological polar surface area (TPSA) is 56.5 Å². The summed E-state index contributed by atoms with van der Waals surface area (Å²) in [6.07, 6.45) is 0.930. The number of aryl methyl sites for hydroxylation is 1. The van der Waals surface area contributed by atoms with Crippen molar-refractivity contribution in [3.8, 4) is 0 Å². The molecule has 0 atom stereocenters. The molecule has 5 heteroatoms. The fraction of sp³-hybridized carbons (Fsp3) is 0.158. The molecule has 0 fully saturated rings. The van der Waals surface area contributed by atoms with E-state index >= 15 is 0 Å². The fourth-order valence-electron chi connectivity index (χ4n) is 2.44. The van der Waals surface area contributed by atoms with E-state index < -0.39 is 5.63 Å². The van der Waals surface area contributed by atoms with Gasteiger partial charge in [-0.15, -0.1) is 0 Å². The number of rotatable bonds is 5. The van der Waals surface area contributed by atoms with E-state index in [2.05, 4.69) is 15.9 Å². The van der Waals surface area contributed by atoms with Gasteiger partial charge in [-0.2, -0.15) is 0 Å². The quantitative estimate of drug-likeness (QED) is 0.486. The lowest BCUT2D eigenvalue weighted by Crippen LogP contribution is -2.08. The number of esters is 1. The molecule has 0 radical (unpaired) electrons. The standard InChI is InChI=1S/C19H15BrO4/c20-15-7-8-16-14(10-19(22)24-17(16)11-15)12-23-18(21)9-6-13-4-2-1-3-5-13/h1-5,7-8,10-11H,6,9,12H2. The second-order valence-electron chi connectivity index (χ2n) is 5.38. The highest BCUT2D eigenvalue weighted by Gasteiger charge is 2.09. The highest BCUT2D eigenvalue weighted by Crippen LogP contribution is 2.22. The number of carbonyl (C=O) groups is 1. The predicted molar refractivity (Wildman–Crippen MR) is 94.7 cm³/mol. The minimum atomic E-state index is -0.462. The fourth-order valence-corrected chi connectivity index (χ4v) is 2.78. The van der Waals surface area contributed by atoms with Crippen molar-refractivity contribution in [1.82, 2.24) is 0 Å². The van der Waals surface area contributed by atoms with Crippen LogP contribution in [0, 0.1) is 0 Å². The van der Waals surface area contributed by atoms with E-state index in [-0.39, 0.29) is 12.6 Å². The van der Waals surface area contributed by atoms with E-state index in [1.165, 1.54) is 6.07 Å². The molecule has 24 heavy (non-hydrogen) atoms. The Morgan fingerprint density at radius 3 is 2.67 bits per heavy atom. The summed E-state index contributed by atoms with van der Waals surface area (Å²) in [5.74, 6) is -0.294. The molecule has 0 saturated heterocycles. The summed E-state index contributed by atoms with van der Waals surface area (Å²) in [5.41, 5.74) is 1.73. The van der Waals surface area contributed by atoms with Gasteiger partial charge in [0.05, 0.1) is 0 Å². The van der Waals surface area contributed by atoms with Crippen LogP contribution in [0.1, 0.15) is 17.5 Å². The Kier molecular flexibility index (Phi) is 5.11. The first kappa shape index (κ1) is 16.5. The molecule has 4 nitrogen and oxygen atoms in total. The summed E-state index contributed by atoms with van der Waals surface area (Å²) in [5, 5.41) is 0.758. The minimum absolute atomic E-state index is 0.0529. The lowest BCUT2D eigenvalue weighted by Gasteiger charge is -2.07. The van der Waals surface area contributed by atoms with Crippen LogP contribution in [-0.2, 0) is 22.6 Å². The number of fused-ring (bicyclic) bond motifs is 1. The summed E-state index contributed by atoms with van der Waals surface area (Å²) >= 11 is 3.34. The second kappa shape index (κ2) is 7.45. The van der Waals surface area contributed by atoms with Gasteiger partial charge in [0, 0.05) is 27.9 Å². The largest absolute Gasteiger partial charge is 0.461 e. The predicted octanol–water partition coefficient (Wildman–Crippen LogP) is 4.23. The van der Waals surface area contributed by atoms with Crippen molar-refractivity contribution in [3.05, 3.63) is 80.6 Å². The molecule has 0 bridgehead atoms. The van der Waals surface area contributed by atoms with Crippen molar-refractivity contribution < 1.29 is 13.9 Å². The second-order valence-corrected chi connectivity index (χ2v) is 6.29. The van der Waals surface area contributed by atoms with Crippen LogP contribution in [0.5, 0.6) is 0 Å². The first-order valence-corrected chi connectivity index (χ1v) is 8.33. The van der Waals surface area contributed by atoms with E-state index in [1.807, 2.05) is 42.5 Å². The third kappa shape index (κ3) is 4.11. The third-order valence-electron chi connectivity index (χ3n) is 3.64. The zero-order chi connectivity index (χ0) is 16.9. The van der Waals surface area contributed by atoms with E-state index in [4.69, 9.17) is 9.15 Å². The molecule has 3 aromatic rings. The molecule has 0 saturated carbocycles.